The van der Waals surface area contributed by atoms with Crippen molar-refractivity contribution in [1.82, 2.24) is 4.98 Å². The summed E-state index contributed by atoms with van der Waals surface area (Å²) >= 11 is 0. The second-order valence-electron chi connectivity index (χ2n) is 5.71. The molecule has 0 aliphatic heterocycles. The maximum atomic E-state index is 12.8. The van der Waals surface area contributed by atoms with Crippen molar-refractivity contribution in [2.75, 3.05) is 24.9 Å². The fraction of sp³-hybridized carbons (Fsp3) is 0.0952. The zero-order chi connectivity index (χ0) is 19.9. The Morgan fingerprint density at radius 3 is 2.07 bits per heavy atom. The number of benzene rings is 2. The van der Waals surface area contributed by atoms with E-state index in [1.165, 1.54) is 20.4 Å². The molecule has 3 aromatic rings. The molecule has 0 spiro atoms. The molecule has 0 radical (unpaired) electrons. The van der Waals surface area contributed by atoms with Crippen molar-refractivity contribution in [3.05, 3.63) is 78.1 Å². The van der Waals surface area contributed by atoms with E-state index in [2.05, 4.69) is 15.6 Å². The molecule has 1 heterocycles. The number of rotatable bonds is 6. The number of ether oxygens (including phenoxy) is 2. The molecule has 0 unspecified atom stereocenters. The summed E-state index contributed by atoms with van der Waals surface area (Å²) in [5, 5.41) is 5.56. The molecule has 0 saturated heterocycles. The van der Waals surface area contributed by atoms with Gasteiger partial charge in [0.2, 0.25) is 0 Å². The highest BCUT2D eigenvalue weighted by Crippen LogP contribution is 2.32. The molecule has 0 aliphatic rings. The van der Waals surface area contributed by atoms with E-state index < -0.39 is 5.91 Å². The minimum atomic E-state index is -0.393. The first-order chi connectivity index (χ1) is 13.6. The number of pyridine rings is 1. The van der Waals surface area contributed by atoms with Gasteiger partial charge in [-0.25, -0.2) is 0 Å². The van der Waals surface area contributed by atoms with Crippen LogP contribution in [-0.4, -0.2) is 31.0 Å². The molecule has 2 aromatic carbocycles. The van der Waals surface area contributed by atoms with Crippen molar-refractivity contribution in [2.45, 2.75) is 0 Å². The van der Waals surface area contributed by atoms with Gasteiger partial charge in [0, 0.05) is 6.20 Å². The Kier molecular flexibility index (Phi) is 5.86. The van der Waals surface area contributed by atoms with Crippen LogP contribution in [0.25, 0.3) is 0 Å². The van der Waals surface area contributed by atoms with E-state index in [1.54, 1.807) is 60.7 Å². The number of carbonyl (C=O) groups excluding carboxylic acids is 2. The van der Waals surface area contributed by atoms with Crippen LogP contribution in [0.5, 0.6) is 11.5 Å². The number of amides is 2. The first kappa shape index (κ1) is 18.9. The van der Waals surface area contributed by atoms with Crippen molar-refractivity contribution in [2.24, 2.45) is 0 Å². The van der Waals surface area contributed by atoms with Crippen molar-refractivity contribution in [3.8, 4) is 11.5 Å². The Morgan fingerprint density at radius 1 is 0.786 bits per heavy atom. The zero-order valence-corrected chi connectivity index (χ0v) is 15.4. The van der Waals surface area contributed by atoms with Gasteiger partial charge < -0.3 is 20.1 Å². The SMILES string of the molecule is COc1cccc(C(=O)Nc2ccccc2NC(=O)c2ccccn2)c1OC. The van der Waals surface area contributed by atoms with Gasteiger partial charge in [-0.05, 0) is 36.4 Å². The zero-order valence-electron chi connectivity index (χ0n) is 15.4. The van der Waals surface area contributed by atoms with Gasteiger partial charge in [-0.15, -0.1) is 0 Å². The number of nitrogens with one attached hydrogen (secondary N) is 2. The Bertz CT molecular complexity index is 990. The lowest BCUT2D eigenvalue weighted by Crippen LogP contribution is -2.18. The van der Waals surface area contributed by atoms with Crippen molar-refractivity contribution in [3.63, 3.8) is 0 Å². The van der Waals surface area contributed by atoms with Crippen LogP contribution in [0.1, 0.15) is 20.8 Å². The van der Waals surface area contributed by atoms with E-state index in [-0.39, 0.29) is 11.6 Å². The lowest BCUT2D eigenvalue weighted by molar-refractivity contribution is 0.101. The molecule has 0 fully saturated rings. The van der Waals surface area contributed by atoms with Gasteiger partial charge in [0.25, 0.3) is 11.8 Å². The second-order valence-corrected chi connectivity index (χ2v) is 5.71. The Labute approximate surface area is 162 Å². The maximum Gasteiger partial charge on any atom is 0.274 e. The minimum Gasteiger partial charge on any atom is -0.493 e. The van der Waals surface area contributed by atoms with Crippen molar-refractivity contribution in [1.29, 1.82) is 0 Å². The van der Waals surface area contributed by atoms with E-state index in [1.807, 2.05) is 0 Å². The highest BCUT2D eigenvalue weighted by atomic mass is 16.5. The normalized spacial score (nSPS) is 10.1. The molecule has 0 aliphatic carbocycles. The molecule has 2 amide bonds. The topological polar surface area (TPSA) is 89.6 Å². The van der Waals surface area contributed by atoms with Gasteiger partial charge in [-0.3, -0.25) is 14.6 Å². The minimum absolute atomic E-state index is 0.276. The largest absolute Gasteiger partial charge is 0.493 e. The number of nitrogens with zero attached hydrogens (tertiary/aromatic N) is 1. The van der Waals surface area contributed by atoms with Gasteiger partial charge in [0.1, 0.15) is 5.69 Å². The predicted octanol–water partition coefficient (Wildman–Crippen LogP) is 3.60. The molecular formula is C21H19N3O4. The van der Waals surface area contributed by atoms with E-state index >= 15 is 0 Å². The van der Waals surface area contributed by atoms with Gasteiger partial charge in [-0.2, -0.15) is 0 Å². The first-order valence-electron chi connectivity index (χ1n) is 8.47. The lowest BCUT2D eigenvalue weighted by atomic mass is 10.1. The summed E-state index contributed by atoms with van der Waals surface area (Å²) in [7, 11) is 2.97. The van der Waals surface area contributed by atoms with Crippen LogP contribution in [0.15, 0.2) is 66.9 Å². The van der Waals surface area contributed by atoms with Gasteiger partial charge in [-0.1, -0.05) is 24.3 Å². The van der Waals surface area contributed by atoms with E-state index in [0.29, 0.717) is 28.4 Å². The summed E-state index contributed by atoms with van der Waals surface area (Å²) in [5.74, 6) is 0.0148. The summed E-state index contributed by atoms with van der Waals surface area (Å²) in [6.07, 6.45) is 1.54. The molecule has 28 heavy (non-hydrogen) atoms. The number of anilines is 2. The van der Waals surface area contributed by atoms with Gasteiger partial charge in [0.15, 0.2) is 11.5 Å². The van der Waals surface area contributed by atoms with Crippen LogP contribution >= 0.6 is 0 Å². The number of hydrogen-bond donors (Lipinski definition) is 2. The molecule has 0 bridgehead atoms. The fourth-order valence-corrected chi connectivity index (χ4v) is 2.64. The van der Waals surface area contributed by atoms with Crippen LogP contribution in [0.3, 0.4) is 0 Å². The summed E-state index contributed by atoms with van der Waals surface area (Å²) < 4.78 is 10.5. The standard InChI is InChI=1S/C21H19N3O4/c1-27-18-12-7-8-14(19(18)28-2)20(25)23-15-9-3-4-10-16(15)24-21(26)17-11-5-6-13-22-17/h3-13H,1-2H3,(H,23,25)(H,24,26). The van der Waals surface area contributed by atoms with Crippen LogP contribution in [0, 0.1) is 0 Å². The quantitative estimate of drug-likeness (QED) is 0.685. The number of carbonyl (C=O) groups is 2. The monoisotopic (exact) mass is 377 g/mol. The average Bonchev–Trinajstić information content (AvgIpc) is 2.74. The van der Waals surface area contributed by atoms with Gasteiger partial charge in [0.05, 0.1) is 31.2 Å². The third kappa shape index (κ3) is 4.09. The Morgan fingerprint density at radius 2 is 1.46 bits per heavy atom. The van der Waals surface area contributed by atoms with Crippen LogP contribution in [0.2, 0.25) is 0 Å². The second kappa shape index (κ2) is 8.68. The van der Waals surface area contributed by atoms with Crippen LogP contribution in [0.4, 0.5) is 11.4 Å². The lowest BCUT2D eigenvalue weighted by Gasteiger charge is -2.15. The number of methoxy groups -OCH3 is 2. The summed E-state index contributed by atoms with van der Waals surface area (Å²) in [5.41, 5.74) is 1.49. The Hall–Kier alpha value is -3.87. The summed E-state index contributed by atoms with van der Waals surface area (Å²) in [4.78, 5) is 29.2. The Balaban J connectivity index is 1.84. The molecule has 7 heteroatoms. The first-order valence-corrected chi connectivity index (χ1v) is 8.47. The summed E-state index contributed by atoms with van der Waals surface area (Å²) in [6, 6.07) is 17.0. The highest BCUT2D eigenvalue weighted by molar-refractivity contribution is 6.10. The van der Waals surface area contributed by atoms with E-state index in [9.17, 15) is 9.59 Å². The van der Waals surface area contributed by atoms with Crippen molar-refractivity contribution < 1.29 is 19.1 Å². The molecule has 0 atom stereocenters. The number of para-hydroxylation sites is 3. The highest BCUT2D eigenvalue weighted by Gasteiger charge is 2.18. The van der Waals surface area contributed by atoms with Crippen LogP contribution < -0.4 is 20.1 Å². The smallest absolute Gasteiger partial charge is 0.274 e. The third-order valence-electron chi connectivity index (χ3n) is 3.97. The number of aromatic nitrogens is 1. The predicted molar refractivity (Wildman–Crippen MR) is 106 cm³/mol. The molecule has 2 N–H and O–H groups in total. The fourth-order valence-electron chi connectivity index (χ4n) is 2.64. The third-order valence-corrected chi connectivity index (χ3v) is 3.97. The number of hydrogen-bond acceptors (Lipinski definition) is 5. The summed E-state index contributed by atoms with van der Waals surface area (Å²) in [6.45, 7) is 0. The van der Waals surface area contributed by atoms with E-state index in [4.69, 9.17) is 9.47 Å². The molecule has 142 valence electrons. The van der Waals surface area contributed by atoms with Crippen LogP contribution in [-0.2, 0) is 0 Å². The molecular weight excluding hydrogens is 358 g/mol. The maximum absolute atomic E-state index is 12.8. The van der Waals surface area contributed by atoms with Crippen molar-refractivity contribution >= 4 is 23.2 Å². The average molecular weight is 377 g/mol. The van der Waals surface area contributed by atoms with E-state index in [0.717, 1.165) is 0 Å². The molecule has 7 nitrogen and oxygen atoms in total. The molecule has 1 aromatic heterocycles. The van der Waals surface area contributed by atoms with Gasteiger partial charge >= 0.3 is 0 Å². The molecule has 3 rings (SSSR count). The molecule has 0 saturated carbocycles.